The van der Waals surface area contributed by atoms with Crippen LogP contribution in [0.5, 0.6) is 0 Å². The van der Waals surface area contributed by atoms with Crippen LogP contribution in [0.3, 0.4) is 0 Å². The highest BCUT2D eigenvalue weighted by Gasteiger charge is 2.25. The van der Waals surface area contributed by atoms with Crippen molar-refractivity contribution in [2.75, 3.05) is 11.5 Å². The van der Waals surface area contributed by atoms with Crippen LogP contribution < -0.4 is 5.32 Å². The summed E-state index contributed by atoms with van der Waals surface area (Å²) < 4.78 is 23.1. The van der Waals surface area contributed by atoms with E-state index in [1.165, 1.54) is 19.3 Å². The van der Waals surface area contributed by atoms with Crippen molar-refractivity contribution >= 4 is 9.84 Å². The Bertz CT molecular complexity index is 316. The van der Waals surface area contributed by atoms with Gasteiger partial charge >= 0.3 is 0 Å². The molecule has 0 aromatic heterocycles. The van der Waals surface area contributed by atoms with Crippen LogP contribution in [0.1, 0.15) is 47.0 Å². The molecule has 3 nitrogen and oxygen atoms in total. The number of nitrogens with one attached hydrogen (secondary N) is 1. The maximum atomic E-state index is 11.5. The molecule has 3 unspecified atom stereocenters. The van der Waals surface area contributed by atoms with E-state index < -0.39 is 9.84 Å². The number of rotatable bonds is 5. The van der Waals surface area contributed by atoms with Crippen LogP contribution in [0.4, 0.5) is 0 Å². The second-order valence-corrected chi connectivity index (χ2v) is 8.28. The molecule has 0 aliphatic heterocycles. The fraction of sp³-hybridized carbons (Fsp3) is 1.00. The minimum atomic E-state index is -2.86. The van der Waals surface area contributed by atoms with Crippen molar-refractivity contribution in [1.82, 2.24) is 5.32 Å². The van der Waals surface area contributed by atoms with E-state index in [0.717, 1.165) is 11.8 Å². The van der Waals surface area contributed by atoms with Crippen molar-refractivity contribution in [2.45, 2.75) is 59.0 Å². The first kappa shape index (κ1) is 15.0. The lowest BCUT2D eigenvalue weighted by atomic mass is 9.80. The maximum Gasteiger partial charge on any atom is 0.151 e. The van der Waals surface area contributed by atoms with Gasteiger partial charge < -0.3 is 5.32 Å². The molecular formula is C13H27NO2S. The van der Waals surface area contributed by atoms with Crippen LogP contribution >= 0.6 is 0 Å². The van der Waals surface area contributed by atoms with Crippen molar-refractivity contribution < 1.29 is 8.42 Å². The Morgan fingerprint density at radius 1 is 1.18 bits per heavy atom. The molecular weight excluding hydrogens is 234 g/mol. The van der Waals surface area contributed by atoms with Crippen LogP contribution in [-0.4, -0.2) is 32.0 Å². The minimum absolute atomic E-state index is 0.0717. The van der Waals surface area contributed by atoms with Crippen LogP contribution in [-0.2, 0) is 9.84 Å². The Morgan fingerprint density at radius 3 is 2.18 bits per heavy atom. The summed E-state index contributed by atoms with van der Waals surface area (Å²) in [5.74, 6) is 2.02. The van der Waals surface area contributed by atoms with Gasteiger partial charge in [-0.15, -0.1) is 0 Å². The molecule has 0 spiro atoms. The lowest BCUT2D eigenvalue weighted by Gasteiger charge is -2.33. The van der Waals surface area contributed by atoms with Crippen LogP contribution in [0.15, 0.2) is 0 Å². The monoisotopic (exact) mass is 261 g/mol. The standard InChI is InChI=1S/C13H27NO2S/c1-5-17(15,16)9-12(4)14-13-7-10(2)6-11(3)8-13/h10-14H,5-9H2,1-4H3. The Hall–Kier alpha value is -0.0900. The van der Waals surface area contributed by atoms with E-state index in [0.29, 0.717) is 6.04 Å². The molecule has 0 aromatic carbocycles. The Morgan fingerprint density at radius 2 is 1.71 bits per heavy atom. The topological polar surface area (TPSA) is 46.2 Å². The third kappa shape index (κ3) is 5.38. The van der Waals surface area contributed by atoms with Gasteiger partial charge in [0, 0.05) is 17.8 Å². The van der Waals surface area contributed by atoms with Gasteiger partial charge in [-0.25, -0.2) is 8.42 Å². The van der Waals surface area contributed by atoms with Crippen molar-refractivity contribution in [3.63, 3.8) is 0 Å². The van der Waals surface area contributed by atoms with E-state index in [1.807, 2.05) is 6.92 Å². The van der Waals surface area contributed by atoms with Gasteiger partial charge in [0.05, 0.1) is 5.75 Å². The largest absolute Gasteiger partial charge is 0.310 e. The highest BCUT2D eigenvalue weighted by molar-refractivity contribution is 7.91. The zero-order valence-electron chi connectivity index (χ0n) is 11.6. The molecule has 4 heteroatoms. The summed E-state index contributed by atoms with van der Waals surface area (Å²) in [6.45, 7) is 8.28. The molecule has 1 fully saturated rings. The molecule has 17 heavy (non-hydrogen) atoms. The van der Waals surface area contributed by atoms with Gasteiger partial charge in [-0.3, -0.25) is 0 Å². The first-order chi connectivity index (χ1) is 7.82. The van der Waals surface area contributed by atoms with E-state index in [-0.39, 0.29) is 17.5 Å². The zero-order chi connectivity index (χ0) is 13.1. The average Bonchev–Trinajstić information content (AvgIpc) is 2.14. The summed E-state index contributed by atoms with van der Waals surface area (Å²) in [7, 11) is -2.86. The van der Waals surface area contributed by atoms with Crippen LogP contribution in [0, 0.1) is 11.8 Å². The van der Waals surface area contributed by atoms with E-state index in [4.69, 9.17) is 0 Å². The summed E-state index contributed by atoms with van der Waals surface area (Å²) in [6.07, 6.45) is 3.67. The molecule has 0 amide bonds. The Balaban J connectivity index is 2.43. The quantitative estimate of drug-likeness (QED) is 0.825. The Labute approximate surface area is 106 Å². The predicted molar refractivity (Wildman–Crippen MR) is 72.9 cm³/mol. The van der Waals surface area contributed by atoms with E-state index in [2.05, 4.69) is 19.2 Å². The van der Waals surface area contributed by atoms with E-state index in [9.17, 15) is 8.42 Å². The summed E-state index contributed by atoms with van der Waals surface area (Å²) in [5.41, 5.74) is 0. The molecule has 1 aliphatic carbocycles. The van der Waals surface area contributed by atoms with E-state index in [1.54, 1.807) is 6.92 Å². The predicted octanol–water partition coefficient (Wildman–Crippen LogP) is 2.22. The summed E-state index contributed by atoms with van der Waals surface area (Å²) in [4.78, 5) is 0. The Kier molecular flexibility index (Phi) is 5.45. The first-order valence-electron chi connectivity index (χ1n) is 6.78. The van der Waals surface area contributed by atoms with Gasteiger partial charge in [-0.1, -0.05) is 20.8 Å². The summed E-state index contributed by atoms with van der Waals surface area (Å²) in [5, 5.41) is 3.49. The number of hydrogen-bond acceptors (Lipinski definition) is 3. The molecule has 0 heterocycles. The SMILES string of the molecule is CCS(=O)(=O)CC(C)NC1CC(C)CC(C)C1. The van der Waals surface area contributed by atoms with Crippen LogP contribution in [0.2, 0.25) is 0 Å². The van der Waals surface area contributed by atoms with Gasteiger partial charge in [0.2, 0.25) is 0 Å². The lowest BCUT2D eigenvalue weighted by molar-refractivity contribution is 0.231. The fourth-order valence-corrected chi connectivity index (χ4v) is 4.13. The molecule has 1 rings (SSSR count). The zero-order valence-corrected chi connectivity index (χ0v) is 12.4. The summed E-state index contributed by atoms with van der Waals surface area (Å²) >= 11 is 0. The third-order valence-corrected chi connectivity index (χ3v) is 5.53. The van der Waals surface area contributed by atoms with Crippen molar-refractivity contribution in [3.05, 3.63) is 0 Å². The minimum Gasteiger partial charge on any atom is -0.310 e. The maximum absolute atomic E-state index is 11.5. The van der Waals surface area contributed by atoms with Crippen molar-refractivity contribution in [2.24, 2.45) is 11.8 Å². The fourth-order valence-electron chi connectivity index (χ4n) is 3.03. The average molecular weight is 261 g/mol. The van der Waals surface area contributed by atoms with Gasteiger partial charge in [0.1, 0.15) is 0 Å². The van der Waals surface area contributed by atoms with Gasteiger partial charge in [0.25, 0.3) is 0 Å². The van der Waals surface area contributed by atoms with E-state index >= 15 is 0 Å². The van der Waals surface area contributed by atoms with Gasteiger partial charge in [-0.05, 0) is 38.0 Å². The molecule has 1 saturated carbocycles. The first-order valence-corrected chi connectivity index (χ1v) is 8.61. The smallest absolute Gasteiger partial charge is 0.151 e. The number of sulfone groups is 1. The molecule has 0 saturated heterocycles. The second-order valence-electron chi connectivity index (χ2n) is 5.88. The van der Waals surface area contributed by atoms with Gasteiger partial charge in [-0.2, -0.15) is 0 Å². The third-order valence-electron chi connectivity index (χ3n) is 3.64. The second kappa shape index (κ2) is 6.19. The molecule has 0 bridgehead atoms. The normalized spacial score (nSPS) is 32.4. The molecule has 3 atom stereocenters. The molecule has 1 aliphatic rings. The van der Waals surface area contributed by atoms with Crippen molar-refractivity contribution in [3.8, 4) is 0 Å². The molecule has 102 valence electrons. The molecule has 0 aromatic rings. The summed E-state index contributed by atoms with van der Waals surface area (Å²) in [6, 6.07) is 0.568. The molecule has 0 radical (unpaired) electrons. The van der Waals surface area contributed by atoms with Gasteiger partial charge in [0.15, 0.2) is 9.84 Å². The number of hydrogen-bond donors (Lipinski definition) is 1. The highest BCUT2D eigenvalue weighted by atomic mass is 32.2. The molecule has 1 N–H and O–H groups in total. The lowest BCUT2D eigenvalue weighted by Crippen LogP contribution is -2.44. The van der Waals surface area contributed by atoms with Crippen LogP contribution in [0.25, 0.3) is 0 Å². The highest BCUT2D eigenvalue weighted by Crippen LogP contribution is 2.28. The van der Waals surface area contributed by atoms with Crippen molar-refractivity contribution in [1.29, 1.82) is 0 Å².